The zero-order valence-corrected chi connectivity index (χ0v) is 14.5. The standard InChI is InChI=1S/C16H16BrN3O3/c1-20(2)16(22)10-4-5-14(23-3)13(7-10)19-15(21)11-6-12(17)9-18-8-11/h4-9H,1-3H3,(H,19,21). The maximum Gasteiger partial charge on any atom is 0.257 e. The van der Waals surface area contributed by atoms with Gasteiger partial charge in [0.15, 0.2) is 0 Å². The molecular weight excluding hydrogens is 362 g/mol. The van der Waals surface area contributed by atoms with Crippen LogP contribution in [0.1, 0.15) is 20.7 Å². The molecule has 0 spiro atoms. The van der Waals surface area contributed by atoms with E-state index >= 15 is 0 Å². The predicted molar refractivity (Wildman–Crippen MR) is 90.9 cm³/mol. The smallest absolute Gasteiger partial charge is 0.257 e. The average Bonchev–Trinajstić information content (AvgIpc) is 2.53. The lowest BCUT2D eigenvalue weighted by molar-refractivity contribution is 0.0827. The number of hydrogen-bond donors (Lipinski definition) is 1. The fraction of sp³-hybridized carbons (Fsp3) is 0.188. The van der Waals surface area contributed by atoms with Gasteiger partial charge in [-0.2, -0.15) is 0 Å². The van der Waals surface area contributed by atoms with E-state index in [4.69, 9.17) is 4.74 Å². The van der Waals surface area contributed by atoms with Gasteiger partial charge in [0.2, 0.25) is 0 Å². The van der Waals surface area contributed by atoms with Crippen molar-refractivity contribution in [3.63, 3.8) is 0 Å². The molecule has 0 aliphatic carbocycles. The summed E-state index contributed by atoms with van der Waals surface area (Å²) in [5.74, 6) is -0.0320. The molecule has 0 bridgehead atoms. The molecule has 6 nitrogen and oxygen atoms in total. The fourth-order valence-electron chi connectivity index (χ4n) is 1.93. The quantitative estimate of drug-likeness (QED) is 0.888. The summed E-state index contributed by atoms with van der Waals surface area (Å²) in [5.41, 5.74) is 1.27. The van der Waals surface area contributed by atoms with E-state index in [2.05, 4.69) is 26.2 Å². The molecule has 7 heteroatoms. The third-order valence-electron chi connectivity index (χ3n) is 3.07. The van der Waals surface area contributed by atoms with Crippen molar-refractivity contribution in [2.45, 2.75) is 0 Å². The molecular formula is C16H16BrN3O3. The Balaban J connectivity index is 2.32. The van der Waals surface area contributed by atoms with E-state index < -0.39 is 0 Å². The molecule has 23 heavy (non-hydrogen) atoms. The van der Waals surface area contributed by atoms with Crippen molar-refractivity contribution in [3.05, 3.63) is 52.3 Å². The number of aromatic nitrogens is 1. The number of methoxy groups -OCH3 is 1. The predicted octanol–water partition coefficient (Wildman–Crippen LogP) is 2.81. The SMILES string of the molecule is COc1ccc(C(=O)N(C)C)cc1NC(=O)c1cncc(Br)c1. The van der Waals surface area contributed by atoms with Crippen molar-refractivity contribution in [1.82, 2.24) is 9.88 Å². The van der Waals surface area contributed by atoms with Gasteiger partial charge in [0.1, 0.15) is 5.75 Å². The van der Waals surface area contributed by atoms with Gasteiger partial charge in [0.05, 0.1) is 18.4 Å². The van der Waals surface area contributed by atoms with E-state index in [-0.39, 0.29) is 11.8 Å². The highest BCUT2D eigenvalue weighted by Gasteiger charge is 2.15. The minimum absolute atomic E-state index is 0.160. The van der Waals surface area contributed by atoms with Crippen LogP contribution in [0.3, 0.4) is 0 Å². The first-order valence-electron chi connectivity index (χ1n) is 6.74. The van der Waals surface area contributed by atoms with Crippen LogP contribution in [0.5, 0.6) is 5.75 Å². The molecule has 120 valence electrons. The molecule has 0 aliphatic rings. The molecule has 2 aromatic rings. The van der Waals surface area contributed by atoms with Crippen LogP contribution in [-0.2, 0) is 0 Å². The van der Waals surface area contributed by atoms with Crippen LogP contribution in [0.2, 0.25) is 0 Å². The van der Waals surface area contributed by atoms with Gasteiger partial charge in [0.25, 0.3) is 11.8 Å². The minimum Gasteiger partial charge on any atom is -0.495 e. The number of nitrogens with zero attached hydrogens (tertiary/aromatic N) is 2. The van der Waals surface area contributed by atoms with Crippen LogP contribution in [-0.4, -0.2) is 42.9 Å². The van der Waals surface area contributed by atoms with Crippen LogP contribution in [0.4, 0.5) is 5.69 Å². The van der Waals surface area contributed by atoms with Crippen LogP contribution in [0.15, 0.2) is 41.1 Å². The Hall–Kier alpha value is -2.41. The molecule has 1 heterocycles. The number of ether oxygens (including phenoxy) is 1. The van der Waals surface area contributed by atoms with Gasteiger partial charge in [-0.25, -0.2) is 0 Å². The molecule has 1 N–H and O–H groups in total. The summed E-state index contributed by atoms with van der Waals surface area (Å²) < 4.78 is 5.94. The monoisotopic (exact) mass is 377 g/mol. The van der Waals surface area contributed by atoms with E-state index in [1.807, 2.05) is 0 Å². The molecule has 0 unspecified atom stereocenters. The second kappa shape index (κ2) is 7.23. The second-order valence-corrected chi connectivity index (χ2v) is 5.88. The first-order valence-corrected chi connectivity index (χ1v) is 7.53. The molecule has 1 aromatic heterocycles. The Morgan fingerprint density at radius 1 is 1.17 bits per heavy atom. The van der Waals surface area contributed by atoms with Crippen molar-refractivity contribution in [1.29, 1.82) is 0 Å². The number of carbonyl (C=O) groups is 2. The summed E-state index contributed by atoms with van der Waals surface area (Å²) in [5, 5.41) is 2.74. The summed E-state index contributed by atoms with van der Waals surface area (Å²) in [6, 6.07) is 6.54. The number of hydrogen-bond acceptors (Lipinski definition) is 4. The number of halogens is 1. The Morgan fingerprint density at radius 3 is 2.52 bits per heavy atom. The van der Waals surface area contributed by atoms with E-state index in [9.17, 15) is 9.59 Å². The average molecular weight is 378 g/mol. The van der Waals surface area contributed by atoms with Gasteiger partial charge in [0, 0.05) is 36.5 Å². The Labute approximate surface area is 142 Å². The molecule has 2 rings (SSSR count). The first-order chi connectivity index (χ1) is 10.9. The zero-order chi connectivity index (χ0) is 17.0. The van der Waals surface area contributed by atoms with Crippen molar-refractivity contribution < 1.29 is 14.3 Å². The molecule has 0 atom stereocenters. The maximum absolute atomic E-state index is 12.3. The number of carbonyl (C=O) groups excluding carboxylic acids is 2. The second-order valence-electron chi connectivity index (χ2n) is 4.96. The van der Waals surface area contributed by atoms with Gasteiger partial charge in [-0.15, -0.1) is 0 Å². The molecule has 2 amide bonds. The third kappa shape index (κ3) is 4.07. The summed E-state index contributed by atoms with van der Waals surface area (Å²) in [6.07, 6.45) is 3.05. The Kier molecular flexibility index (Phi) is 5.33. The van der Waals surface area contributed by atoms with Gasteiger partial charge in [-0.3, -0.25) is 14.6 Å². The van der Waals surface area contributed by atoms with E-state index in [1.165, 1.54) is 18.2 Å². The molecule has 0 radical (unpaired) electrons. The van der Waals surface area contributed by atoms with Crippen LogP contribution in [0, 0.1) is 0 Å². The molecule has 1 aromatic carbocycles. The molecule has 0 fully saturated rings. The number of benzene rings is 1. The highest BCUT2D eigenvalue weighted by atomic mass is 79.9. The van der Waals surface area contributed by atoms with E-state index in [0.29, 0.717) is 27.0 Å². The van der Waals surface area contributed by atoms with Crippen molar-refractivity contribution in [2.75, 3.05) is 26.5 Å². The number of amides is 2. The van der Waals surface area contributed by atoms with Gasteiger partial charge in [-0.05, 0) is 40.2 Å². The normalized spacial score (nSPS) is 10.1. The zero-order valence-electron chi connectivity index (χ0n) is 13.0. The van der Waals surface area contributed by atoms with Gasteiger partial charge < -0.3 is 15.0 Å². The Bertz CT molecular complexity index is 747. The number of nitrogens with one attached hydrogen (secondary N) is 1. The van der Waals surface area contributed by atoms with Crippen molar-refractivity contribution in [2.24, 2.45) is 0 Å². The topological polar surface area (TPSA) is 71.5 Å². The molecule has 0 aliphatic heterocycles. The summed E-state index contributed by atoms with van der Waals surface area (Å²) in [4.78, 5) is 29.8. The lowest BCUT2D eigenvalue weighted by Crippen LogP contribution is -2.22. The number of pyridine rings is 1. The van der Waals surface area contributed by atoms with Crippen molar-refractivity contribution in [3.8, 4) is 5.75 Å². The third-order valence-corrected chi connectivity index (χ3v) is 3.50. The van der Waals surface area contributed by atoms with Crippen LogP contribution < -0.4 is 10.1 Å². The largest absolute Gasteiger partial charge is 0.495 e. The van der Waals surface area contributed by atoms with Crippen molar-refractivity contribution >= 4 is 33.4 Å². The minimum atomic E-state index is -0.341. The van der Waals surface area contributed by atoms with Gasteiger partial charge in [-0.1, -0.05) is 0 Å². The van der Waals surface area contributed by atoms with E-state index in [1.54, 1.807) is 44.6 Å². The van der Waals surface area contributed by atoms with Crippen LogP contribution >= 0.6 is 15.9 Å². The first kappa shape index (κ1) is 17.0. The lowest BCUT2D eigenvalue weighted by Gasteiger charge is -2.14. The number of rotatable bonds is 4. The van der Waals surface area contributed by atoms with Gasteiger partial charge >= 0.3 is 0 Å². The molecule has 0 saturated heterocycles. The number of anilines is 1. The summed E-state index contributed by atoms with van der Waals surface area (Å²) in [6.45, 7) is 0. The highest BCUT2D eigenvalue weighted by Crippen LogP contribution is 2.26. The molecule has 0 saturated carbocycles. The summed E-state index contributed by atoms with van der Waals surface area (Å²) >= 11 is 3.27. The fourth-order valence-corrected chi connectivity index (χ4v) is 2.29. The highest BCUT2D eigenvalue weighted by molar-refractivity contribution is 9.10. The maximum atomic E-state index is 12.3. The Morgan fingerprint density at radius 2 is 1.91 bits per heavy atom. The summed E-state index contributed by atoms with van der Waals surface area (Å²) in [7, 11) is 4.83. The van der Waals surface area contributed by atoms with E-state index in [0.717, 1.165) is 0 Å². The lowest BCUT2D eigenvalue weighted by atomic mass is 10.1. The van der Waals surface area contributed by atoms with Crippen LogP contribution in [0.25, 0.3) is 0 Å².